The van der Waals surface area contributed by atoms with Crippen LogP contribution in [0.2, 0.25) is 0 Å². The van der Waals surface area contributed by atoms with Crippen molar-refractivity contribution in [3.05, 3.63) is 97.1 Å². The average molecular weight is 313 g/mol. The molecule has 0 spiro atoms. The summed E-state index contributed by atoms with van der Waals surface area (Å²) in [5.41, 5.74) is 2.55. The van der Waals surface area contributed by atoms with E-state index in [1.165, 1.54) is 11.1 Å². The van der Waals surface area contributed by atoms with Crippen molar-refractivity contribution in [2.75, 3.05) is 0 Å². The summed E-state index contributed by atoms with van der Waals surface area (Å²) in [4.78, 5) is 14.2. The summed E-state index contributed by atoms with van der Waals surface area (Å²) in [7, 11) is -2.87. The quantitative estimate of drug-likeness (QED) is 0.642. The van der Waals surface area contributed by atoms with Crippen LogP contribution in [-0.4, -0.2) is 9.79 Å². The van der Waals surface area contributed by atoms with E-state index in [1.54, 1.807) is 0 Å². The van der Waals surface area contributed by atoms with Crippen molar-refractivity contribution in [3.63, 3.8) is 0 Å². The Hall–Kier alpha value is -2.32. The molecule has 0 heterocycles. The van der Waals surface area contributed by atoms with Crippen LogP contribution >= 0.6 is 8.25 Å². The molecule has 2 N–H and O–H groups in total. The van der Waals surface area contributed by atoms with Crippen LogP contribution in [-0.2, 0) is 4.57 Å². The van der Waals surface area contributed by atoms with Crippen LogP contribution in [0.4, 0.5) is 0 Å². The summed E-state index contributed by atoms with van der Waals surface area (Å²) in [6, 6.07) is 32.8. The molecule has 0 aliphatic rings. The van der Waals surface area contributed by atoms with Gasteiger partial charge in [0, 0.05) is 4.57 Å². The Morgan fingerprint density at radius 2 is 0.682 bits per heavy atom. The predicted molar refractivity (Wildman–Crippen MR) is 90.4 cm³/mol. The first-order chi connectivity index (χ1) is 10.7. The zero-order chi connectivity index (χ0) is 16.0. The Labute approximate surface area is 131 Å². The second-order valence-electron chi connectivity index (χ2n) is 4.14. The van der Waals surface area contributed by atoms with Crippen molar-refractivity contribution in [2.45, 2.75) is 0 Å². The van der Waals surface area contributed by atoms with Gasteiger partial charge in [0.05, 0.1) is 0 Å². The van der Waals surface area contributed by atoms with Gasteiger partial charge in [0.1, 0.15) is 0 Å². The largest absolute Gasteiger partial charge is 0.692 e. The molecule has 0 amide bonds. The lowest BCUT2D eigenvalue weighted by molar-refractivity contribution is 0.405. The molecule has 0 unspecified atom stereocenters. The highest BCUT2D eigenvalue weighted by Gasteiger charge is 1.93. The number of benzene rings is 3. The van der Waals surface area contributed by atoms with Crippen molar-refractivity contribution in [2.24, 2.45) is 0 Å². The van der Waals surface area contributed by atoms with E-state index in [1.807, 2.05) is 48.5 Å². The van der Waals surface area contributed by atoms with Gasteiger partial charge >= 0.3 is 8.25 Å². The Kier molecular flexibility index (Phi) is 9.15. The number of rotatable bonds is 1. The van der Waals surface area contributed by atoms with Crippen LogP contribution in [0.5, 0.6) is 0 Å². The number of hydrogen-bond donors (Lipinski definition) is 2. The van der Waals surface area contributed by atoms with Gasteiger partial charge in [-0.1, -0.05) is 97.1 Å². The molecule has 3 rings (SSSR count). The van der Waals surface area contributed by atoms with E-state index in [-0.39, 0.29) is 0 Å². The van der Waals surface area contributed by atoms with Gasteiger partial charge in [0.2, 0.25) is 0 Å². The Bertz CT molecular complexity index is 560. The summed E-state index contributed by atoms with van der Waals surface area (Å²) in [6.45, 7) is 0. The van der Waals surface area contributed by atoms with Crippen molar-refractivity contribution >= 4 is 8.25 Å². The fourth-order valence-corrected chi connectivity index (χ4v) is 1.65. The Morgan fingerprint density at radius 3 is 0.909 bits per heavy atom. The molecule has 0 aromatic heterocycles. The van der Waals surface area contributed by atoms with Gasteiger partial charge in [0.15, 0.2) is 0 Å². The molecule has 22 heavy (non-hydrogen) atoms. The molecule has 0 saturated carbocycles. The molecule has 0 fully saturated rings. The van der Waals surface area contributed by atoms with Crippen LogP contribution in [0.3, 0.4) is 0 Å². The molecule has 0 atom stereocenters. The maximum absolute atomic E-state index is 8.70. The average Bonchev–Trinajstić information content (AvgIpc) is 2.58. The Balaban J connectivity index is 0.000000203. The summed E-state index contributed by atoms with van der Waals surface area (Å²) in [6.07, 6.45) is 0. The molecule has 3 nitrogen and oxygen atoms in total. The van der Waals surface area contributed by atoms with E-state index >= 15 is 0 Å². The van der Waals surface area contributed by atoms with E-state index in [4.69, 9.17) is 14.4 Å². The zero-order valence-electron chi connectivity index (χ0n) is 12.0. The molecule has 0 bridgehead atoms. The van der Waals surface area contributed by atoms with Crippen LogP contribution in [0, 0.1) is 0 Å². The van der Waals surface area contributed by atoms with Gasteiger partial charge in [0.25, 0.3) is 0 Å². The lowest BCUT2D eigenvalue weighted by Gasteiger charge is -1.98. The first-order valence-electron chi connectivity index (χ1n) is 6.65. The first-order valence-corrected chi connectivity index (χ1v) is 7.82. The minimum Gasteiger partial charge on any atom is -0.134 e. The molecular weight excluding hydrogens is 295 g/mol. The van der Waals surface area contributed by atoms with E-state index in [9.17, 15) is 0 Å². The highest BCUT2D eigenvalue weighted by Crippen LogP contribution is 2.17. The standard InChI is InChI=1S/C12H10.C6H6.HO3P/c1-3-7-11(8-4-1)12-9-5-2-6-10-12;1-2-4-6-5-3-1;1-4(2)3/h1-10H;1-6H;(H-,1,2,3)/p+1. The minimum absolute atomic E-state index is 1.28. The van der Waals surface area contributed by atoms with Crippen LogP contribution in [0.15, 0.2) is 97.1 Å². The third-order valence-electron chi connectivity index (χ3n) is 2.55. The van der Waals surface area contributed by atoms with Crippen molar-refractivity contribution in [3.8, 4) is 11.1 Å². The smallest absolute Gasteiger partial charge is 0.134 e. The summed E-state index contributed by atoms with van der Waals surface area (Å²) < 4.78 is 8.70. The molecule has 4 heteroatoms. The fraction of sp³-hybridized carbons (Fsp3) is 0. The maximum Gasteiger partial charge on any atom is 0.692 e. The molecule has 3 aromatic carbocycles. The minimum atomic E-state index is -2.87. The van der Waals surface area contributed by atoms with Crippen LogP contribution in [0.25, 0.3) is 11.1 Å². The SMILES string of the molecule is O=[P+](O)O.c1ccc(-c2ccccc2)cc1.c1ccccc1. The second-order valence-corrected chi connectivity index (χ2v) is 4.64. The zero-order valence-corrected chi connectivity index (χ0v) is 12.9. The fourth-order valence-electron chi connectivity index (χ4n) is 1.65. The molecule has 0 radical (unpaired) electrons. The number of hydrogen-bond acceptors (Lipinski definition) is 1. The molecular formula is C18H18O3P+. The summed E-state index contributed by atoms with van der Waals surface area (Å²) in [5, 5.41) is 0. The lowest BCUT2D eigenvalue weighted by atomic mass is 10.1. The first kappa shape index (κ1) is 17.7. The highest BCUT2D eigenvalue weighted by molar-refractivity contribution is 7.30. The van der Waals surface area contributed by atoms with E-state index in [2.05, 4.69) is 48.5 Å². The lowest BCUT2D eigenvalue weighted by Crippen LogP contribution is -1.73. The Morgan fingerprint density at radius 1 is 0.500 bits per heavy atom. The van der Waals surface area contributed by atoms with Crippen molar-refractivity contribution < 1.29 is 14.4 Å². The molecule has 112 valence electrons. The summed E-state index contributed by atoms with van der Waals surface area (Å²) >= 11 is 0. The van der Waals surface area contributed by atoms with Gasteiger partial charge in [-0.2, -0.15) is 0 Å². The summed E-state index contributed by atoms with van der Waals surface area (Å²) in [5.74, 6) is 0. The van der Waals surface area contributed by atoms with Gasteiger partial charge in [-0.05, 0) is 11.1 Å². The second kappa shape index (κ2) is 11.4. The van der Waals surface area contributed by atoms with E-state index < -0.39 is 8.25 Å². The van der Waals surface area contributed by atoms with Crippen LogP contribution < -0.4 is 0 Å². The van der Waals surface area contributed by atoms with E-state index in [0.29, 0.717) is 0 Å². The molecule has 3 aromatic rings. The van der Waals surface area contributed by atoms with Gasteiger partial charge in [-0.3, -0.25) is 0 Å². The molecule has 0 saturated heterocycles. The van der Waals surface area contributed by atoms with Crippen LogP contribution in [0.1, 0.15) is 0 Å². The topological polar surface area (TPSA) is 57.5 Å². The monoisotopic (exact) mass is 313 g/mol. The van der Waals surface area contributed by atoms with Gasteiger partial charge in [-0.15, -0.1) is 9.79 Å². The van der Waals surface area contributed by atoms with Gasteiger partial charge < -0.3 is 0 Å². The molecule has 0 aliphatic heterocycles. The maximum atomic E-state index is 8.70. The third-order valence-corrected chi connectivity index (χ3v) is 2.55. The van der Waals surface area contributed by atoms with E-state index in [0.717, 1.165) is 0 Å². The van der Waals surface area contributed by atoms with Crippen molar-refractivity contribution in [1.82, 2.24) is 0 Å². The normalized spacial score (nSPS) is 8.64. The third kappa shape index (κ3) is 8.77. The predicted octanol–water partition coefficient (Wildman–Crippen LogP) is 4.67. The highest BCUT2D eigenvalue weighted by atomic mass is 31.1. The molecule has 0 aliphatic carbocycles. The van der Waals surface area contributed by atoms with Gasteiger partial charge in [-0.25, -0.2) is 0 Å². The van der Waals surface area contributed by atoms with Crippen molar-refractivity contribution in [1.29, 1.82) is 0 Å².